The van der Waals surface area contributed by atoms with E-state index in [2.05, 4.69) is 212 Å². The zero-order chi connectivity index (χ0) is 101. The molecule has 35 heteroatoms. The van der Waals surface area contributed by atoms with E-state index in [0.29, 0.717) is 90.2 Å². The van der Waals surface area contributed by atoms with Crippen molar-refractivity contribution < 1.29 is 63.9 Å². The highest BCUT2D eigenvalue weighted by Crippen LogP contribution is 2.44. The Hall–Kier alpha value is -4.86. The number of anilines is 1. The van der Waals surface area contributed by atoms with Crippen LogP contribution >= 0.6 is 63.7 Å². The maximum Gasteiger partial charge on any atom is 0.309 e. The van der Waals surface area contributed by atoms with Crippen molar-refractivity contribution >= 4 is 81.2 Å². The van der Waals surface area contributed by atoms with Gasteiger partial charge >= 0.3 is 11.8 Å². The predicted octanol–water partition coefficient (Wildman–Crippen LogP) is 9.79. The van der Waals surface area contributed by atoms with Crippen molar-refractivity contribution in [2.75, 3.05) is 238 Å². The lowest BCUT2D eigenvalue weighted by Crippen LogP contribution is -2.41. The first-order valence-corrected chi connectivity index (χ1v) is 50.5. The number of rotatable bonds is 61. The molecule has 2 amide bonds. The molecule has 2 atom stereocenters. The number of nitrogens with one attached hydrogen (secondary N) is 10. The smallest absolute Gasteiger partial charge is 0.309 e. The van der Waals surface area contributed by atoms with Crippen molar-refractivity contribution in [3.05, 3.63) is 167 Å². The van der Waals surface area contributed by atoms with Gasteiger partial charge in [-0.25, -0.2) is 0 Å². The minimum absolute atomic E-state index is 0.0428. The van der Waals surface area contributed by atoms with Gasteiger partial charge in [0, 0.05) is 109 Å². The number of ether oxygens (including phenoxy) is 5. The monoisotopic (exact) mass is 2140 g/mol. The van der Waals surface area contributed by atoms with Crippen LogP contribution in [0.4, 0.5) is 5.69 Å². The lowest BCUT2D eigenvalue weighted by molar-refractivity contribution is -0.139. The van der Waals surface area contributed by atoms with Crippen LogP contribution in [-0.4, -0.2) is 280 Å². The fraction of sp³-hybridized carbons (Fsp3) is 0.653. The van der Waals surface area contributed by atoms with Crippen LogP contribution in [-0.2, 0) is 35.8 Å². The summed E-state index contributed by atoms with van der Waals surface area (Å²) in [6, 6.07) is 37.2. The number of carbonyl (C=O) groups excluding carboxylic acids is 2. The highest BCUT2D eigenvalue weighted by molar-refractivity contribution is 9.11. The van der Waals surface area contributed by atoms with Gasteiger partial charge in [0.05, 0.1) is 69.6 Å². The number of hydrogen-bond acceptors (Lipinski definition) is 29. The second-order valence-corrected chi connectivity index (χ2v) is 34.4. The first-order valence-electron chi connectivity index (χ1n) is 47.4. The van der Waals surface area contributed by atoms with Crippen molar-refractivity contribution in [3.8, 4) is 11.5 Å². The van der Waals surface area contributed by atoms with Gasteiger partial charge in [-0.15, -0.1) is 0 Å². The van der Waals surface area contributed by atoms with Crippen molar-refractivity contribution in [2.24, 2.45) is 40.1 Å². The molecule has 774 valence electrons. The molecule has 32 N–H and O–H groups in total. The summed E-state index contributed by atoms with van der Waals surface area (Å²) in [4.78, 5) is 21.4. The average molecular weight is 2140 g/mol. The normalized spacial score (nSPS) is 11.0. The summed E-state index contributed by atoms with van der Waals surface area (Å²) in [5.41, 5.74) is 48.6. The molecular weight excluding hydrogens is 1960 g/mol. The zero-order valence-corrected chi connectivity index (χ0v) is 89.7. The van der Waals surface area contributed by atoms with Gasteiger partial charge in [-0.2, -0.15) is 0 Å². The third-order valence-corrected chi connectivity index (χ3v) is 20.6. The minimum atomic E-state index is -0.808. The summed E-state index contributed by atoms with van der Waals surface area (Å²) in [7, 11) is 9.89. The van der Waals surface area contributed by atoms with Crippen LogP contribution < -0.4 is 109 Å². The number of nitrogen functional groups attached to an aromatic ring is 1. The molecule has 133 heavy (non-hydrogen) atoms. The molecule has 5 aromatic carbocycles. The first-order chi connectivity index (χ1) is 64.2. The van der Waals surface area contributed by atoms with Gasteiger partial charge in [0.15, 0.2) is 0 Å². The quantitative estimate of drug-likeness (QED) is 0.00744. The summed E-state index contributed by atoms with van der Waals surface area (Å²) in [5.74, 6) is -0.285. The molecule has 0 aliphatic heterocycles. The van der Waals surface area contributed by atoms with E-state index in [4.69, 9.17) is 100 Å². The van der Waals surface area contributed by atoms with E-state index < -0.39 is 11.8 Å². The maximum absolute atomic E-state index is 10.7. The van der Waals surface area contributed by atoms with Crippen LogP contribution in [0, 0.1) is 0 Å². The van der Waals surface area contributed by atoms with E-state index in [1.165, 1.54) is 114 Å². The average Bonchev–Trinajstić information content (AvgIpc) is 0.774. The number of nitrogens with two attached hydrogens (primary N) is 8. The van der Waals surface area contributed by atoms with E-state index in [9.17, 15) is 9.59 Å². The Kier molecular flexibility index (Phi) is 111. The number of aliphatic hydroxyl groups excluding tert-OH is 6. The van der Waals surface area contributed by atoms with E-state index in [0.717, 1.165) is 106 Å². The molecule has 31 nitrogen and oxygen atoms in total. The second-order valence-electron chi connectivity index (χ2n) is 31.0. The number of hydrogen-bond donors (Lipinski definition) is 24. The number of aliphatic hydroxyl groups is 6. The van der Waals surface area contributed by atoms with E-state index in [-0.39, 0.29) is 89.0 Å². The summed E-state index contributed by atoms with van der Waals surface area (Å²) < 4.78 is 29.7. The SMILES string of the molecule is CC(C)(N)CN.CC(C)(c1cc(Br)c(OCCO)c(Br)c1)c1cc(Br)c(OCCO)c(Br)c1.CCCNC/C=C/CNC.CCNCCCCCCNCC.CNCCCNC.CN[C@@H](c1ccccc1)[C@@H](NC)c1ccccc1.NCCCCCCCCCCN.NCCOCCN.NCc1ccc(N)cc1.O=C(NCCO)C(=O)NCCO.OCCCOCCCOCCCO. The van der Waals surface area contributed by atoms with Crippen LogP contribution in [0.25, 0.3) is 0 Å². The third kappa shape index (κ3) is 89.5. The number of amides is 2. The zero-order valence-electron chi connectivity index (χ0n) is 83.3. The summed E-state index contributed by atoms with van der Waals surface area (Å²) in [6.07, 6.45) is 24.9. The maximum atomic E-state index is 10.7. The van der Waals surface area contributed by atoms with Crippen molar-refractivity contribution in [1.29, 1.82) is 0 Å². The molecule has 5 rings (SSSR count). The van der Waals surface area contributed by atoms with Gasteiger partial charge in [-0.1, -0.05) is 171 Å². The standard InChI is InChI=1S/C19H20Br4O4.C16H20N2.2C10H24N2.C9H20O4.C8H18N2.C7H10N2.C6H12N2O4.C5H14N2.C4H12N2O.C4H12N2/c1-19(2,11-7-13(20)17(14(21)8-11)26-5-3-24)12-9-15(22)18(16(23)10-12)27-6-4-25;1-17-15(13-9-5-3-6-10-13)16(18-2)14-11-7-4-8-12-14;1-3-11-9-7-5-6-8-10-12-4-2;11-9-7-5-3-1-2-4-6-8-10-12;10-4-1-6-12-8-3-9-13-7-2-5-11;1-3-6-10-8-5-4-7-9-2;8-5-6-1-3-7(9)4-2-6;9-3-1-7-5(11)6(12)8-2-4-10;1-6-4-3-5-7-2;5-1-3-7-4-2-6;1-4(2,6)3-5/h7-10,24-25H,3-6H2,1-2H3;3-12,15-18H,1-2H3;11-12H,3-10H2,1-2H3;1-12H2;10-11H,1-9H2;4-5,9-10H,3,6-8H2,1-2H3;1-4H,5,8-9H2;9-10H,1-4H2,(H,7,11)(H,8,12);6-7H,3-5H2,1-2H3;1-6H2;3,5-6H2,1-2H3/b;;;;;5-4+;;;;;/t;15-,16-;;;;;;;;;/m.0........./s1. The Morgan fingerprint density at radius 2 is 0.759 bits per heavy atom. The van der Waals surface area contributed by atoms with Crippen molar-refractivity contribution in [2.45, 2.75) is 187 Å². The van der Waals surface area contributed by atoms with E-state index >= 15 is 0 Å². The largest absolute Gasteiger partial charge is 0.489 e. The Morgan fingerprint density at radius 3 is 1.07 bits per heavy atom. The van der Waals surface area contributed by atoms with Crippen LogP contribution in [0.2, 0.25) is 0 Å². The lowest BCUT2D eigenvalue weighted by Gasteiger charge is -2.28. The molecule has 0 radical (unpaired) electrons. The van der Waals surface area contributed by atoms with Gasteiger partial charge in [-0.05, 0) is 294 Å². The Labute approximate surface area is 836 Å². The van der Waals surface area contributed by atoms with E-state index in [1.54, 1.807) is 0 Å². The lowest BCUT2D eigenvalue weighted by atomic mass is 9.78. The molecule has 0 aliphatic carbocycles. The van der Waals surface area contributed by atoms with Gasteiger partial charge in [0.25, 0.3) is 0 Å². The van der Waals surface area contributed by atoms with Crippen LogP contribution in [0.1, 0.15) is 198 Å². The Morgan fingerprint density at radius 1 is 0.398 bits per heavy atom. The third-order valence-electron chi connectivity index (χ3n) is 18.3. The molecule has 0 saturated carbocycles. The van der Waals surface area contributed by atoms with Crippen LogP contribution in [0.3, 0.4) is 0 Å². The highest BCUT2D eigenvalue weighted by Gasteiger charge is 2.28. The molecule has 0 heterocycles. The van der Waals surface area contributed by atoms with Gasteiger partial charge in [-0.3, -0.25) is 9.59 Å². The second kappa shape index (κ2) is 106. The van der Waals surface area contributed by atoms with Gasteiger partial charge in [0.2, 0.25) is 0 Å². The molecule has 0 fully saturated rings. The molecule has 5 aromatic rings. The van der Waals surface area contributed by atoms with Crippen molar-refractivity contribution in [1.82, 2.24) is 53.2 Å². The summed E-state index contributed by atoms with van der Waals surface area (Å²) >= 11 is 14.3. The Bertz CT molecular complexity index is 3050. The predicted molar refractivity (Wildman–Crippen MR) is 572 cm³/mol. The van der Waals surface area contributed by atoms with Crippen molar-refractivity contribution in [3.63, 3.8) is 0 Å². The molecule has 0 saturated heterocycles. The first kappa shape index (κ1) is 139. The highest BCUT2D eigenvalue weighted by atomic mass is 79.9. The van der Waals surface area contributed by atoms with E-state index in [1.807, 2.05) is 110 Å². The molecule has 0 aromatic heterocycles. The topological polar surface area (TPSA) is 530 Å². The molecule has 0 spiro atoms. The fourth-order valence-electron chi connectivity index (χ4n) is 10.8. The van der Waals surface area contributed by atoms with Gasteiger partial charge < -0.3 is 153 Å². The summed E-state index contributed by atoms with van der Waals surface area (Å²) in [6.45, 7) is 32.7. The van der Waals surface area contributed by atoms with Gasteiger partial charge in [0.1, 0.15) is 24.7 Å². The number of carbonyl (C=O) groups is 2. The Balaban J connectivity index is -0.000000344. The molecule has 0 bridgehead atoms. The number of halogens is 4. The van der Waals surface area contributed by atoms with Crippen LogP contribution in [0.5, 0.6) is 11.5 Å². The van der Waals surface area contributed by atoms with Crippen LogP contribution in [0.15, 0.2) is 139 Å². The number of benzene rings is 5. The molecular formula is C98H186Br4N18O13. The number of unbranched alkanes of at least 4 members (excludes halogenated alkanes) is 10. The number of likely N-dealkylation sites (N-methyl/N-ethyl adjacent to an activating group) is 3. The minimum Gasteiger partial charge on any atom is -0.489 e. The fourth-order valence-corrected chi connectivity index (χ4v) is 13.6. The molecule has 0 unspecified atom stereocenters. The summed E-state index contributed by atoms with van der Waals surface area (Å²) in [5, 5.41) is 81.7. The molecule has 0 aliphatic rings.